The average Bonchev–Trinajstić information content (AvgIpc) is 1.97. The molecule has 0 unspecified atom stereocenters. The molecule has 0 radical (unpaired) electrons. The highest BCUT2D eigenvalue weighted by Gasteiger charge is 2.01. The number of nitrogen functional groups attached to an aromatic ring is 1. The highest BCUT2D eigenvalue weighted by molar-refractivity contribution is 5.01. The molecule has 0 aliphatic rings. The molecule has 0 aromatic carbocycles. The first kappa shape index (κ1) is 7.59. The molecule has 5 nitrogen and oxygen atoms in total. The van der Waals surface area contributed by atoms with Crippen molar-refractivity contribution >= 4 is 0 Å². The van der Waals surface area contributed by atoms with E-state index in [0.29, 0.717) is 10.2 Å². The van der Waals surface area contributed by atoms with Crippen molar-refractivity contribution in [1.82, 2.24) is 9.24 Å². The first-order valence-electron chi connectivity index (χ1n) is 3.08. The number of hydrogen-bond donors (Lipinski definition) is 1. The van der Waals surface area contributed by atoms with Gasteiger partial charge in [-0.25, -0.2) is 4.79 Å². The molecule has 0 aliphatic carbocycles. The van der Waals surface area contributed by atoms with Crippen LogP contribution in [0.25, 0.3) is 0 Å². The van der Waals surface area contributed by atoms with E-state index in [4.69, 9.17) is 5.84 Å². The maximum Gasteiger partial charge on any atom is 0.349 e. The van der Waals surface area contributed by atoms with Crippen molar-refractivity contribution in [3.63, 3.8) is 0 Å². The van der Waals surface area contributed by atoms with Gasteiger partial charge in [-0.15, -0.1) is 0 Å². The fourth-order valence-electron chi connectivity index (χ4n) is 0.848. The largest absolute Gasteiger partial charge is 0.349 e. The van der Waals surface area contributed by atoms with Gasteiger partial charge >= 0.3 is 5.69 Å². The summed E-state index contributed by atoms with van der Waals surface area (Å²) in [7, 11) is 1.54. The average molecular weight is 155 g/mol. The van der Waals surface area contributed by atoms with Crippen LogP contribution < -0.4 is 17.1 Å². The van der Waals surface area contributed by atoms with Crippen LogP contribution >= 0.6 is 0 Å². The molecule has 2 N–H and O–H groups in total. The second kappa shape index (κ2) is 2.26. The van der Waals surface area contributed by atoms with Gasteiger partial charge in [0.05, 0.1) is 0 Å². The minimum absolute atomic E-state index is 0.451. The third-order valence-corrected chi connectivity index (χ3v) is 1.45. The molecule has 0 atom stereocenters. The zero-order valence-electron chi connectivity index (χ0n) is 6.37. The smallest absolute Gasteiger partial charge is 0.332 e. The Morgan fingerprint density at radius 1 is 1.45 bits per heavy atom. The summed E-state index contributed by atoms with van der Waals surface area (Å²) < 4.78 is 1.85. The fourth-order valence-corrected chi connectivity index (χ4v) is 0.848. The van der Waals surface area contributed by atoms with Crippen molar-refractivity contribution in [2.24, 2.45) is 7.05 Å². The molecule has 1 rings (SSSR count). The van der Waals surface area contributed by atoms with E-state index in [-0.39, 0.29) is 0 Å². The topological polar surface area (TPSA) is 70.0 Å². The van der Waals surface area contributed by atoms with Crippen LogP contribution in [-0.4, -0.2) is 9.24 Å². The summed E-state index contributed by atoms with van der Waals surface area (Å²) in [4.78, 5) is 21.9. The number of nitrogens with zero attached hydrogens (tertiary/aromatic N) is 2. The lowest BCUT2D eigenvalue weighted by molar-refractivity contribution is 0.707. The fraction of sp³-hybridized carbons (Fsp3) is 0.333. The third kappa shape index (κ3) is 1.04. The molecule has 1 aromatic heterocycles. The number of hydrogen-bond acceptors (Lipinski definition) is 3. The Labute approximate surface area is 62.7 Å². The summed E-state index contributed by atoms with van der Waals surface area (Å²) in [5, 5.41) is 0. The summed E-state index contributed by atoms with van der Waals surface area (Å²) >= 11 is 0. The SMILES string of the molecule is Cc1cn(C)c(=O)n(N)c1=O. The summed E-state index contributed by atoms with van der Waals surface area (Å²) in [5.74, 6) is 5.15. The van der Waals surface area contributed by atoms with Crippen molar-refractivity contribution in [3.8, 4) is 0 Å². The highest BCUT2D eigenvalue weighted by Crippen LogP contribution is 1.79. The molecule has 1 aromatic rings. The quantitative estimate of drug-likeness (QED) is 0.467. The van der Waals surface area contributed by atoms with Crippen molar-refractivity contribution in [3.05, 3.63) is 32.6 Å². The Balaban J connectivity index is 3.74. The van der Waals surface area contributed by atoms with Crippen molar-refractivity contribution in [2.45, 2.75) is 6.92 Å². The van der Waals surface area contributed by atoms with Crippen molar-refractivity contribution in [2.75, 3.05) is 5.84 Å². The molecule has 5 heteroatoms. The molecule has 0 fully saturated rings. The van der Waals surface area contributed by atoms with Gasteiger partial charge in [-0.05, 0) is 6.92 Å². The number of rotatable bonds is 0. The Morgan fingerprint density at radius 3 is 2.55 bits per heavy atom. The van der Waals surface area contributed by atoms with E-state index >= 15 is 0 Å². The van der Waals surface area contributed by atoms with Gasteiger partial charge in [-0.2, -0.15) is 4.68 Å². The van der Waals surface area contributed by atoms with Crippen LogP contribution in [0.15, 0.2) is 15.8 Å². The standard InChI is InChI=1S/C6H9N3O2/c1-4-3-8(2)6(11)9(7)5(4)10/h3H,7H2,1-2H3. The van der Waals surface area contributed by atoms with Crippen LogP contribution in [-0.2, 0) is 7.05 Å². The zero-order chi connectivity index (χ0) is 8.59. The van der Waals surface area contributed by atoms with Crippen LogP contribution in [0, 0.1) is 6.92 Å². The number of nitrogens with two attached hydrogens (primary N) is 1. The van der Waals surface area contributed by atoms with Crippen LogP contribution in [0.3, 0.4) is 0 Å². The van der Waals surface area contributed by atoms with Gasteiger partial charge in [0.2, 0.25) is 0 Å². The normalized spacial score (nSPS) is 10.0. The van der Waals surface area contributed by atoms with Crippen LogP contribution in [0.1, 0.15) is 5.56 Å². The molecule has 60 valence electrons. The summed E-state index contributed by atoms with van der Waals surface area (Å²) in [6.45, 7) is 1.60. The second-order valence-corrected chi connectivity index (χ2v) is 2.38. The monoisotopic (exact) mass is 155 g/mol. The molecule has 0 saturated heterocycles. The summed E-state index contributed by atoms with van der Waals surface area (Å²) in [6.07, 6.45) is 1.45. The minimum atomic E-state index is -0.513. The predicted molar refractivity (Wildman–Crippen MR) is 40.8 cm³/mol. The first-order chi connectivity index (χ1) is 5.04. The van der Waals surface area contributed by atoms with Gasteiger partial charge in [0.15, 0.2) is 0 Å². The second-order valence-electron chi connectivity index (χ2n) is 2.38. The molecular weight excluding hydrogens is 146 g/mol. The first-order valence-corrected chi connectivity index (χ1v) is 3.08. The van der Waals surface area contributed by atoms with Gasteiger partial charge in [0, 0.05) is 18.8 Å². The Hall–Kier alpha value is -1.52. The summed E-state index contributed by atoms with van der Waals surface area (Å²) in [5.41, 5.74) is -0.511. The lowest BCUT2D eigenvalue weighted by Crippen LogP contribution is -2.44. The zero-order valence-corrected chi connectivity index (χ0v) is 6.37. The lowest BCUT2D eigenvalue weighted by Gasteiger charge is -2.01. The van der Waals surface area contributed by atoms with Gasteiger partial charge in [-0.1, -0.05) is 0 Å². The maximum absolute atomic E-state index is 11.0. The Bertz CT molecular complexity index is 354. The Kier molecular flexibility index (Phi) is 1.56. The molecule has 0 bridgehead atoms. The molecular formula is C6H9N3O2. The third-order valence-electron chi connectivity index (χ3n) is 1.45. The van der Waals surface area contributed by atoms with Crippen molar-refractivity contribution in [1.29, 1.82) is 0 Å². The van der Waals surface area contributed by atoms with Crippen LogP contribution in [0.2, 0.25) is 0 Å². The molecule has 1 heterocycles. The predicted octanol–water partition coefficient (Wildman–Crippen LogP) is -1.43. The van der Waals surface area contributed by atoms with E-state index in [2.05, 4.69) is 0 Å². The Morgan fingerprint density at radius 2 is 2.00 bits per heavy atom. The van der Waals surface area contributed by atoms with Gasteiger partial charge in [-0.3, -0.25) is 4.79 Å². The summed E-state index contributed by atoms with van der Waals surface area (Å²) in [6, 6.07) is 0. The van der Waals surface area contributed by atoms with Gasteiger partial charge in [0.1, 0.15) is 0 Å². The van der Waals surface area contributed by atoms with Crippen molar-refractivity contribution < 1.29 is 0 Å². The molecule has 0 saturated carbocycles. The highest BCUT2D eigenvalue weighted by atomic mass is 16.2. The molecule has 0 aliphatic heterocycles. The number of aromatic nitrogens is 2. The van der Waals surface area contributed by atoms with Crippen LogP contribution in [0.4, 0.5) is 0 Å². The van der Waals surface area contributed by atoms with E-state index in [9.17, 15) is 9.59 Å². The molecule has 0 amide bonds. The van der Waals surface area contributed by atoms with Crippen LogP contribution in [0.5, 0.6) is 0 Å². The van der Waals surface area contributed by atoms with E-state index < -0.39 is 11.2 Å². The lowest BCUT2D eigenvalue weighted by atomic mass is 10.4. The van der Waals surface area contributed by atoms with Gasteiger partial charge < -0.3 is 10.4 Å². The molecule has 11 heavy (non-hydrogen) atoms. The number of aryl methyl sites for hydroxylation is 2. The molecule has 0 spiro atoms. The minimum Gasteiger partial charge on any atom is -0.332 e. The van der Waals surface area contributed by atoms with Gasteiger partial charge in [0.25, 0.3) is 5.56 Å². The van der Waals surface area contributed by atoms with E-state index in [1.807, 2.05) is 0 Å². The van der Waals surface area contributed by atoms with E-state index in [1.54, 1.807) is 6.92 Å². The van der Waals surface area contributed by atoms with E-state index in [1.165, 1.54) is 17.8 Å². The maximum atomic E-state index is 11.0. The van der Waals surface area contributed by atoms with E-state index in [0.717, 1.165) is 0 Å².